The Kier molecular flexibility index (Phi) is 7.48. The summed E-state index contributed by atoms with van der Waals surface area (Å²) in [5.41, 5.74) is 9.49. The van der Waals surface area contributed by atoms with Gasteiger partial charge in [0, 0.05) is 23.4 Å². The molecule has 31 heavy (non-hydrogen) atoms. The minimum absolute atomic E-state index is 0.200. The molecule has 2 aromatic heterocycles. The number of hydrogen-bond acceptors (Lipinski definition) is 8. The van der Waals surface area contributed by atoms with E-state index in [0.29, 0.717) is 16.8 Å². The number of aliphatic hydroxyl groups excluding tert-OH is 1. The van der Waals surface area contributed by atoms with Gasteiger partial charge in [0.15, 0.2) is 0 Å². The van der Waals surface area contributed by atoms with E-state index in [0.717, 1.165) is 38.1 Å². The van der Waals surface area contributed by atoms with Gasteiger partial charge in [-0.25, -0.2) is 4.98 Å². The topological polar surface area (TPSA) is 106 Å². The van der Waals surface area contributed by atoms with E-state index in [1.165, 1.54) is 11.3 Å². The highest BCUT2D eigenvalue weighted by Gasteiger charge is 2.17. The first-order valence-corrected chi connectivity index (χ1v) is 11.3. The first-order valence-electron chi connectivity index (χ1n) is 10.1. The molecule has 0 saturated heterocycles. The summed E-state index contributed by atoms with van der Waals surface area (Å²) in [7, 11) is 0. The van der Waals surface area contributed by atoms with Crippen LogP contribution in [-0.2, 0) is 0 Å². The Balaban J connectivity index is 1.82. The molecule has 2 atom stereocenters. The van der Waals surface area contributed by atoms with Gasteiger partial charge in [-0.2, -0.15) is 0 Å². The van der Waals surface area contributed by atoms with Crippen LogP contribution < -0.4 is 15.8 Å². The number of ether oxygens (including phenoxy) is 1. The fourth-order valence-electron chi connectivity index (χ4n) is 2.87. The van der Waals surface area contributed by atoms with Gasteiger partial charge in [-0.1, -0.05) is 22.9 Å². The Morgan fingerprint density at radius 1 is 1.13 bits per heavy atom. The molecule has 0 aliphatic rings. The van der Waals surface area contributed by atoms with Gasteiger partial charge in [0.2, 0.25) is 0 Å². The summed E-state index contributed by atoms with van der Waals surface area (Å²) < 4.78 is 5.74. The van der Waals surface area contributed by atoms with Crippen LogP contribution >= 0.6 is 22.9 Å². The van der Waals surface area contributed by atoms with Gasteiger partial charge < -0.3 is 20.9 Å². The lowest BCUT2D eigenvalue weighted by molar-refractivity contribution is 0.131. The van der Waals surface area contributed by atoms with Gasteiger partial charge >= 0.3 is 0 Å². The molecule has 166 valence electrons. The zero-order valence-corrected chi connectivity index (χ0v) is 19.9. The third kappa shape index (κ3) is 5.71. The molecule has 4 N–H and O–H groups in total. The maximum atomic E-state index is 9.53. The van der Waals surface area contributed by atoms with E-state index in [1.807, 2.05) is 19.9 Å². The van der Waals surface area contributed by atoms with E-state index in [1.54, 1.807) is 19.2 Å². The van der Waals surface area contributed by atoms with Crippen molar-refractivity contribution >= 4 is 28.8 Å². The molecule has 0 spiro atoms. The van der Waals surface area contributed by atoms with Gasteiger partial charge in [0.1, 0.15) is 28.2 Å². The van der Waals surface area contributed by atoms with Crippen LogP contribution in [0.1, 0.15) is 31.9 Å². The number of nitrogens with one attached hydrogen (secondary N) is 1. The van der Waals surface area contributed by atoms with Gasteiger partial charge in [0.05, 0.1) is 17.2 Å². The third-order valence-corrected chi connectivity index (χ3v) is 6.04. The summed E-state index contributed by atoms with van der Waals surface area (Å²) in [4.78, 5) is 4.52. The van der Waals surface area contributed by atoms with Crippen molar-refractivity contribution in [2.45, 2.75) is 52.8 Å². The van der Waals surface area contributed by atoms with Crippen LogP contribution in [0.5, 0.6) is 5.75 Å². The number of hydrogen-bond donors (Lipinski definition) is 3. The number of halogens is 1. The van der Waals surface area contributed by atoms with E-state index >= 15 is 0 Å². The Morgan fingerprint density at radius 2 is 1.84 bits per heavy atom. The van der Waals surface area contributed by atoms with E-state index in [-0.39, 0.29) is 6.61 Å². The van der Waals surface area contributed by atoms with E-state index in [2.05, 4.69) is 40.4 Å². The monoisotopic (exact) mass is 461 g/mol. The molecule has 0 bridgehead atoms. The van der Waals surface area contributed by atoms with Crippen molar-refractivity contribution in [3.63, 3.8) is 0 Å². The lowest BCUT2D eigenvalue weighted by Gasteiger charge is -2.17. The SMILES string of the molecule is Cc1cc(-c2nnc(-c3cnc(NC(C)C)c(C)c3)s2)c(Cl)cc1OC[C@H](N)[C@H](C)O. The van der Waals surface area contributed by atoms with Crippen molar-refractivity contribution in [3.05, 3.63) is 40.5 Å². The molecular weight excluding hydrogens is 434 g/mol. The molecule has 9 heteroatoms. The number of rotatable bonds is 8. The largest absolute Gasteiger partial charge is 0.492 e. The average molecular weight is 462 g/mol. The molecule has 0 unspecified atom stereocenters. The molecule has 0 aliphatic carbocycles. The highest BCUT2D eigenvalue weighted by molar-refractivity contribution is 7.18. The zero-order valence-electron chi connectivity index (χ0n) is 18.3. The molecule has 2 heterocycles. The smallest absolute Gasteiger partial charge is 0.149 e. The first kappa shape index (κ1) is 23.4. The number of nitrogens with two attached hydrogens (primary N) is 1. The molecular formula is C22H28ClN5O2S. The molecule has 0 amide bonds. The predicted octanol–water partition coefficient (Wildman–Crippen LogP) is 4.44. The van der Waals surface area contributed by atoms with Crippen LogP contribution in [-0.4, -0.2) is 45.1 Å². The molecule has 3 aromatic rings. The van der Waals surface area contributed by atoms with Crippen LogP contribution in [0.15, 0.2) is 24.4 Å². The second kappa shape index (κ2) is 9.91. The Hall–Kier alpha value is -2.26. The standard InChI is InChI=1S/C22H28ClN5O2S/c1-11(2)26-20-13(4)6-15(9-25-20)21-27-28-22(31-21)16-7-12(3)19(8-17(16)23)30-10-18(24)14(5)29/h6-9,11,14,18,29H,10,24H2,1-5H3,(H,25,26)/t14-,18-/m0/s1. The molecule has 0 fully saturated rings. The third-order valence-electron chi connectivity index (χ3n) is 4.72. The summed E-state index contributed by atoms with van der Waals surface area (Å²) >= 11 is 7.98. The summed E-state index contributed by atoms with van der Waals surface area (Å²) in [6.45, 7) is 9.94. The van der Waals surface area contributed by atoms with Gasteiger partial charge in [0.25, 0.3) is 0 Å². The van der Waals surface area contributed by atoms with Crippen LogP contribution in [0.2, 0.25) is 5.02 Å². The summed E-state index contributed by atoms with van der Waals surface area (Å²) in [6.07, 6.45) is 1.15. The van der Waals surface area contributed by atoms with E-state index < -0.39 is 12.1 Å². The molecule has 0 radical (unpaired) electrons. The Labute approximate surface area is 191 Å². The van der Waals surface area contributed by atoms with Crippen LogP contribution in [0.25, 0.3) is 21.1 Å². The quantitative estimate of drug-likeness (QED) is 0.455. The zero-order chi connectivity index (χ0) is 22.7. The number of anilines is 1. The van der Waals surface area contributed by atoms with E-state index in [9.17, 15) is 5.11 Å². The molecule has 1 aromatic carbocycles. The molecule has 0 saturated carbocycles. The molecule has 7 nitrogen and oxygen atoms in total. The van der Waals surface area contributed by atoms with Crippen molar-refractivity contribution in [2.75, 3.05) is 11.9 Å². The van der Waals surface area contributed by atoms with E-state index in [4.69, 9.17) is 22.1 Å². The number of benzene rings is 1. The Bertz CT molecular complexity index is 1050. The average Bonchev–Trinajstić information content (AvgIpc) is 3.19. The molecule has 0 aliphatic heterocycles. The lowest BCUT2D eigenvalue weighted by atomic mass is 10.1. The van der Waals surface area contributed by atoms with Gasteiger partial charge in [-0.15, -0.1) is 10.2 Å². The van der Waals surface area contributed by atoms with Crippen molar-refractivity contribution in [1.29, 1.82) is 0 Å². The van der Waals surface area contributed by atoms with Gasteiger partial charge in [-0.05, 0) is 63.9 Å². The van der Waals surface area contributed by atoms with Crippen LogP contribution in [0.4, 0.5) is 5.82 Å². The van der Waals surface area contributed by atoms with Crippen molar-refractivity contribution in [3.8, 4) is 26.9 Å². The fraction of sp³-hybridized carbons (Fsp3) is 0.409. The number of aliphatic hydroxyl groups is 1. The summed E-state index contributed by atoms with van der Waals surface area (Å²) in [6, 6.07) is 5.57. The normalized spacial score (nSPS) is 13.3. The maximum Gasteiger partial charge on any atom is 0.149 e. The predicted molar refractivity (Wildman–Crippen MR) is 127 cm³/mol. The molecule has 3 rings (SSSR count). The van der Waals surface area contributed by atoms with Crippen molar-refractivity contribution in [1.82, 2.24) is 15.2 Å². The highest BCUT2D eigenvalue weighted by Crippen LogP contribution is 2.37. The highest BCUT2D eigenvalue weighted by atomic mass is 35.5. The Morgan fingerprint density at radius 3 is 2.48 bits per heavy atom. The minimum atomic E-state index is -0.650. The maximum absolute atomic E-state index is 9.53. The number of aromatic nitrogens is 3. The first-order chi connectivity index (χ1) is 14.7. The summed E-state index contributed by atoms with van der Waals surface area (Å²) in [5, 5.41) is 23.5. The second-order valence-electron chi connectivity index (χ2n) is 7.91. The second-order valence-corrected chi connectivity index (χ2v) is 9.30. The van der Waals surface area contributed by atoms with Crippen LogP contribution in [0, 0.1) is 13.8 Å². The summed E-state index contributed by atoms with van der Waals surface area (Å²) in [5.74, 6) is 1.50. The number of aryl methyl sites for hydroxylation is 2. The lowest BCUT2D eigenvalue weighted by Crippen LogP contribution is -2.38. The fourth-order valence-corrected chi connectivity index (χ4v) is 4.03. The van der Waals surface area contributed by atoms with Crippen molar-refractivity contribution in [2.24, 2.45) is 5.73 Å². The minimum Gasteiger partial charge on any atom is -0.492 e. The number of nitrogens with zero attached hydrogens (tertiary/aromatic N) is 3. The van der Waals surface area contributed by atoms with Crippen LogP contribution in [0.3, 0.4) is 0 Å². The van der Waals surface area contributed by atoms with Gasteiger partial charge in [-0.3, -0.25) is 0 Å². The van der Waals surface area contributed by atoms with Crippen molar-refractivity contribution < 1.29 is 9.84 Å². The number of pyridine rings is 1.